The smallest absolute Gasteiger partial charge is 0.142 e. The number of benzene rings is 1. The molecule has 0 spiro atoms. The Morgan fingerprint density at radius 3 is 2.93 bits per heavy atom. The van der Waals surface area contributed by atoms with Gasteiger partial charge in [-0.15, -0.1) is 0 Å². The van der Waals surface area contributed by atoms with Gasteiger partial charge in [0.2, 0.25) is 0 Å². The van der Waals surface area contributed by atoms with E-state index in [0.29, 0.717) is 6.61 Å². The minimum Gasteiger partial charge on any atom is -0.391 e. The summed E-state index contributed by atoms with van der Waals surface area (Å²) < 4.78 is 0. The van der Waals surface area contributed by atoms with Gasteiger partial charge >= 0.3 is 0 Å². The Balaban J connectivity index is 2.46. The molecule has 0 atom stereocenters. The highest BCUT2D eigenvalue weighted by Gasteiger charge is 1.97. The summed E-state index contributed by atoms with van der Waals surface area (Å²) in [5.41, 5.74) is 2.21. The molecule has 1 aromatic carbocycles. The van der Waals surface area contributed by atoms with E-state index in [0.717, 1.165) is 24.0 Å². The number of oxime groups is 1. The molecular weight excluding hydrogens is 186 g/mol. The summed E-state index contributed by atoms with van der Waals surface area (Å²) in [6.45, 7) is 6.37. The lowest BCUT2D eigenvalue weighted by Crippen LogP contribution is -1.90. The molecule has 15 heavy (non-hydrogen) atoms. The molecule has 0 saturated heterocycles. The van der Waals surface area contributed by atoms with Gasteiger partial charge in [0.05, 0.1) is 0 Å². The molecule has 0 aromatic heterocycles. The second kappa shape index (κ2) is 6.82. The van der Waals surface area contributed by atoms with Crippen LogP contribution in [0.2, 0.25) is 0 Å². The molecule has 0 amide bonds. The molecular formula is C13H17NO. The minimum atomic E-state index is 0.502. The topological polar surface area (TPSA) is 21.6 Å². The van der Waals surface area contributed by atoms with Crippen LogP contribution in [-0.4, -0.2) is 6.21 Å². The number of hydrogen-bond acceptors (Lipinski definition) is 2. The molecule has 0 fully saturated rings. The highest BCUT2D eigenvalue weighted by molar-refractivity contribution is 5.56. The zero-order valence-electron chi connectivity index (χ0n) is 9.15. The quantitative estimate of drug-likeness (QED) is 0.511. The summed E-state index contributed by atoms with van der Waals surface area (Å²) in [4.78, 5) is 5.19. The lowest BCUT2D eigenvalue weighted by molar-refractivity contribution is 0.131. The van der Waals surface area contributed by atoms with Crippen molar-refractivity contribution in [2.24, 2.45) is 5.16 Å². The first-order valence-corrected chi connectivity index (χ1v) is 5.22. The Morgan fingerprint density at radius 1 is 1.40 bits per heavy atom. The van der Waals surface area contributed by atoms with E-state index in [1.54, 1.807) is 6.21 Å². The standard InChI is InChI=1S/C13H17NO/c1-3-5-10-14-15-11-13-9-7-6-8-12(13)4-2/h4,6-10H,2-3,5,11H2,1H3. The second-order valence-corrected chi connectivity index (χ2v) is 3.25. The summed E-state index contributed by atoms with van der Waals surface area (Å²) in [6, 6.07) is 8.01. The minimum absolute atomic E-state index is 0.502. The molecule has 1 aromatic rings. The van der Waals surface area contributed by atoms with Crippen molar-refractivity contribution >= 4 is 12.3 Å². The Kier molecular flexibility index (Phi) is 5.23. The van der Waals surface area contributed by atoms with E-state index in [4.69, 9.17) is 4.84 Å². The van der Waals surface area contributed by atoms with Gasteiger partial charge in [-0.05, 0) is 17.5 Å². The van der Waals surface area contributed by atoms with E-state index in [9.17, 15) is 0 Å². The van der Waals surface area contributed by atoms with E-state index in [-0.39, 0.29) is 0 Å². The summed E-state index contributed by atoms with van der Waals surface area (Å²) >= 11 is 0. The number of unbranched alkanes of at least 4 members (excludes halogenated alkanes) is 1. The summed E-state index contributed by atoms with van der Waals surface area (Å²) in [5, 5.41) is 3.87. The molecule has 80 valence electrons. The Labute approximate surface area is 91.3 Å². The molecule has 0 aliphatic heterocycles. The van der Waals surface area contributed by atoms with E-state index in [2.05, 4.69) is 18.7 Å². The summed E-state index contributed by atoms with van der Waals surface area (Å²) in [6.07, 6.45) is 5.68. The average molecular weight is 203 g/mol. The summed E-state index contributed by atoms with van der Waals surface area (Å²) in [5.74, 6) is 0. The fraction of sp³-hybridized carbons (Fsp3) is 0.308. The van der Waals surface area contributed by atoms with Crippen LogP contribution in [0.5, 0.6) is 0 Å². The predicted octanol–water partition coefficient (Wildman–Crippen LogP) is 3.63. The van der Waals surface area contributed by atoms with E-state index >= 15 is 0 Å². The van der Waals surface area contributed by atoms with Crippen LogP contribution in [0.4, 0.5) is 0 Å². The number of rotatable bonds is 6. The first kappa shape index (κ1) is 11.5. The SMILES string of the molecule is C=Cc1ccccc1CON=CCCC. The van der Waals surface area contributed by atoms with Crippen LogP contribution in [-0.2, 0) is 11.4 Å². The second-order valence-electron chi connectivity index (χ2n) is 3.25. The van der Waals surface area contributed by atoms with Crippen molar-refractivity contribution in [3.8, 4) is 0 Å². The third-order valence-corrected chi connectivity index (χ3v) is 2.06. The van der Waals surface area contributed by atoms with Crippen molar-refractivity contribution in [3.63, 3.8) is 0 Å². The van der Waals surface area contributed by atoms with Gasteiger partial charge < -0.3 is 4.84 Å². The van der Waals surface area contributed by atoms with Crippen molar-refractivity contribution in [3.05, 3.63) is 42.0 Å². The van der Waals surface area contributed by atoms with Crippen molar-refractivity contribution in [1.82, 2.24) is 0 Å². The fourth-order valence-corrected chi connectivity index (χ4v) is 1.21. The largest absolute Gasteiger partial charge is 0.391 e. The van der Waals surface area contributed by atoms with Gasteiger partial charge in [0, 0.05) is 6.21 Å². The Hall–Kier alpha value is -1.57. The van der Waals surface area contributed by atoms with Crippen LogP contribution in [0.3, 0.4) is 0 Å². The molecule has 0 unspecified atom stereocenters. The van der Waals surface area contributed by atoms with E-state index in [1.807, 2.05) is 30.3 Å². The predicted molar refractivity (Wildman–Crippen MR) is 64.7 cm³/mol. The highest BCUT2D eigenvalue weighted by atomic mass is 16.6. The van der Waals surface area contributed by atoms with Gasteiger partial charge in [-0.2, -0.15) is 0 Å². The van der Waals surface area contributed by atoms with Crippen molar-refractivity contribution in [1.29, 1.82) is 0 Å². The molecule has 2 nitrogen and oxygen atoms in total. The molecule has 0 aliphatic carbocycles. The van der Waals surface area contributed by atoms with Gasteiger partial charge in [0.25, 0.3) is 0 Å². The van der Waals surface area contributed by atoms with Crippen molar-refractivity contribution < 1.29 is 4.84 Å². The van der Waals surface area contributed by atoms with Crippen LogP contribution in [0.15, 0.2) is 36.0 Å². The maximum atomic E-state index is 5.19. The first-order valence-electron chi connectivity index (χ1n) is 5.22. The normalized spacial score (nSPS) is 10.5. The first-order chi connectivity index (χ1) is 7.38. The Bertz CT molecular complexity index is 331. The lowest BCUT2D eigenvalue weighted by Gasteiger charge is -2.03. The maximum Gasteiger partial charge on any atom is 0.142 e. The van der Waals surface area contributed by atoms with Gasteiger partial charge in [0.15, 0.2) is 0 Å². The van der Waals surface area contributed by atoms with Crippen LogP contribution in [0.25, 0.3) is 6.08 Å². The Morgan fingerprint density at radius 2 is 2.20 bits per heavy atom. The van der Waals surface area contributed by atoms with Crippen LogP contribution in [0.1, 0.15) is 30.9 Å². The molecule has 2 heteroatoms. The molecule has 0 bridgehead atoms. The van der Waals surface area contributed by atoms with Gasteiger partial charge in [-0.25, -0.2) is 0 Å². The van der Waals surface area contributed by atoms with Gasteiger partial charge in [-0.3, -0.25) is 0 Å². The molecule has 0 N–H and O–H groups in total. The van der Waals surface area contributed by atoms with Crippen LogP contribution >= 0.6 is 0 Å². The van der Waals surface area contributed by atoms with Crippen LogP contribution in [0, 0.1) is 0 Å². The fourth-order valence-electron chi connectivity index (χ4n) is 1.21. The third kappa shape index (κ3) is 3.98. The van der Waals surface area contributed by atoms with Crippen molar-refractivity contribution in [2.75, 3.05) is 0 Å². The van der Waals surface area contributed by atoms with Crippen molar-refractivity contribution in [2.45, 2.75) is 26.4 Å². The number of hydrogen-bond donors (Lipinski definition) is 0. The third-order valence-electron chi connectivity index (χ3n) is 2.06. The number of nitrogens with zero attached hydrogens (tertiary/aromatic N) is 1. The van der Waals surface area contributed by atoms with Crippen LogP contribution < -0.4 is 0 Å². The van der Waals surface area contributed by atoms with E-state index < -0.39 is 0 Å². The molecule has 0 aliphatic rings. The molecule has 0 heterocycles. The molecule has 1 rings (SSSR count). The van der Waals surface area contributed by atoms with Gasteiger partial charge in [-0.1, -0.05) is 55.4 Å². The maximum absolute atomic E-state index is 5.19. The lowest BCUT2D eigenvalue weighted by atomic mass is 10.1. The average Bonchev–Trinajstić information content (AvgIpc) is 2.29. The zero-order valence-corrected chi connectivity index (χ0v) is 9.15. The summed E-state index contributed by atoms with van der Waals surface area (Å²) in [7, 11) is 0. The monoisotopic (exact) mass is 203 g/mol. The van der Waals surface area contributed by atoms with E-state index in [1.165, 1.54) is 0 Å². The molecule has 0 saturated carbocycles. The molecule has 0 radical (unpaired) electrons. The zero-order chi connectivity index (χ0) is 10.9. The van der Waals surface area contributed by atoms with Gasteiger partial charge in [0.1, 0.15) is 6.61 Å². The highest BCUT2D eigenvalue weighted by Crippen LogP contribution is 2.11.